The van der Waals surface area contributed by atoms with Crippen LogP contribution in [0.5, 0.6) is 23.0 Å². The van der Waals surface area contributed by atoms with Crippen molar-refractivity contribution in [1.82, 2.24) is 0 Å². The fourth-order valence-electron chi connectivity index (χ4n) is 4.09. The van der Waals surface area contributed by atoms with Crippen molar-refractivity contribution < 1.29 is 18.9 Å². The van der Waals surface area contributed by atoms with Gasteiger partial charge in [0.15, 0.2) is 23.0 Å². The fraction of sp³-hybridized carbons (Fsp3) is 0.400. The van der Waals surface area contributed by atoms with Crippen LogP contribution in [0.3, 0.4) is 0 Å². The van der Waals surface area contributed by atoms with Crippen LogP contribution in [0, 0.1) is 0 Å². The van der Waals surface area contributed by atoms with Gasteiger partial charge in [-0.2, -0.15) is 0 Å². The molecule has 124 valence electrons. The third-order valence-electron chi connectivity index (χ3n) is 5.46. The molecule has 1 saturated carbocycles. The summed E-state index contributed by atoms with van der Waals surface area (Å²) in [7, 11) is 0. The van der Waals surface area contributed by atoms with E-state index in [4.69, 9.17) is 18.9 Å². The molecule has 2 aromatic carbocycles. The molecule has 2 heterocycles. The number of hydrogen-bond acceptors (Lipinski definition) is 4. The zero-order chi connectivity index (χ0) is 15.9. The van der Waals surface area contributed by atoms with E-state index in [1.807, 2.05) is 12.1 Å². The molecular formula is C20H20O4. The molecule has 4 nitrogen and oxygen atoms in total. The van der Waals surface area contributed by atoms with Gasteiger partial charge >= 0.3 is 0 Å². The molecule has 4 heteroatoms. The molecule has 1 aliphatic carbocycles. The number of benzene rings is 2. The predicted octanol–water partition coefficient (Wildman–Crippen LogP) is 4.59. The lowest BCUT2D eigenvalue weighted by molar-refractivity contribution is 0.173. The number of hydrogen-bond donors (Lipinski definition) is 0. The maximum absolute atomic E-state index is 5.52. The van der Waals surface area contributed by atoms with E-state index < -0.39 is 0 Å². The lowest BCUT2D eigenvalue weighted by Crippen LogP contribution is -2.12. The van der Waals surface area contributed by atoms with Gasteiger partial charge in [-0.3, -0.25) is 0 Å². The lowest BCUT2D eigenvalue weighted by Gasteiger charge is -2.29. The van der Waals surface area contributed by atoms with Crippen molar-refractivity contribution in [2.45, 2.75) is 37.5 Å². The van der Waals surface area contributed by atoms with Crippen molar-refractivity contribution in [2.75, 3.05) is 13.6 Å². The van der Waals surface area contributed by atoms with Gasteiger partial charge in [0.05, 0.1) is 0 Å². The number of fused-ring (bicyclic) bond motifs is 2. The highest BCUT2D eigenvalue weighted by atomic mass is 16.7. The standard InChI is InChI=1S/C20H20O4/c1-2-14(16-6-8-18-20(10-16)24-12-22-18)4-3-13(1)15-5-7-17-19(9-15)23-11-21-17/h5-10,13-14H,1-4,11-12H2. The monoisotopic (exact) mass is 324 g/mol. The molecule has 2 aromatic rings. The molecule has 2 aliphatic heterocycles. The van der Waals surface area contributed by atoms with Gasteiger partial charge in [-0.05, 0) is 72.9 Å². The largest absolute Gasteiger partial charge is 0.454 e. The first-order valence-electron chi connectivity index (χ1n) is 8.66. The second-order valence-electron chi connectivity index (χ2n) is 6.77. The summed E-state index contributed by atoms with van der Waals surface area (Å²) >= 11 is 0. The van der Waals surface area contributed by atoms with Crippen molar-refractivity contribution in [1.29, 1.82) is 0 Å². The maximum atomic E-state index is 5.52. The maximum Gasteiger partial charge on any atom is 0.231 e. The second kappa shape index (κ2) is 5.62. The molecular weight excluding hydrogens is 304 g/mol. The van der Waals surface area contributed by atoms with E-state index in [0.29, 0.717) is 25.4 Å². The van der Waals surface area contributed by atoms with E-state index in [9.17, 15) is 0 Å². The predicted molar refractivity (Wildman–Crippen MR) is 89.1 cm³/mol. The van der Waals surface area contributed by atoms with Crippen LogP contribution < -0.4 is 18.9 Å². The average Bonchev–Trinajstić information content (AvgIpc) is 3.29. The zero-order valence-electron chi connectivity index (χ0n) is 13.5. The normalized spacial score (nSPS) is 24.2. The quantitative estimate of drug-likeness (QED) is 0.810. The summed E-state index contributed by atoms with van der Waals surface area (Å²) in [5.41, 5.74) is 2.76. The Balaban J connectivity index is 1.29. The Morgan fingerprint density at radius 3 is 1.42 bits per heavy atom. The minimum absolute atomic E-state index is 0.343. The SMILES string of the molecule is c1cc2c(cc1C1CCC(c3ccc4c(c3)OCO4)CC1)OCO2. The van der Waals surface area contributed by atoms with Gasteiger partial charge in [0.25, 0.3) is 0 Å². The van der Waals surface area contributed by atoms with Gasteiger partial charge in [0, 0.05) is 0 Å². The van der Waals surface area contributed by atoms with E-state index in [0.717, 1.165) is 23.0 Å². The summed E-state index contributed by atoms with van der Waals surface area (Å²) in [6, 6.07) is 12.8. The Morgan fingerprint density at radius 2 is 0.958 bits per heavy atom. The summed E-state index contributed by atoms with van der Waals surface area (Å²) in [4.78, 5) is 0. The van der Waals surface area contributed by atoms with Gasteiger partial charge in [-0.15, -0.1) is 0 Å². The first-order chi connectivity index (χ1) is 11.9. The van der Waals surface area contributed by atoms with Gasteiger partial charge in [0.1, 0.15) is 0 Å². The highest BCUT2D eigenvalue weighted by molar-refractivity contribution is 5.47. The second-order valence-corrected chi connectivity index (χ2v) is 6.77. The van der Waals surface area contributed by atoms with Crippen LogP contribution in [-0.4, -0.2) is 13.6 Å². The summed E-state index contributed by atoms with van der Waals surface area (Å²) in [5, 5.41) is 0. The van der Waals surface area contributed by atoms with Crippen LogP contribution in [0.15, 0.2) is 36.4 Å². The third kappa shape index (κ3) is 2.37. The fourth-order valence-corrected chi connectivity index (χ4v) is 4.09. The first-order valence-corrected chi connectivity index (χ1v) is 8.66. The topological polar surface area (TPSA) is 36.9 Å². The molecule has 0 atom stereocenters. The minimum Gasteiger partial charge on any atom is -0.454 e. The van der Waals surface area contributed by atoms with Gasteiger partial charge < -0.3 is 18.9 Å². The zero-order valence-corrected chi connectivity index (χ0v) is 13.5. The van der Waals surface area contributed by atoms with Gasteiger partial charge in [-0.25, -0.2) is 0 Å². The summed E-state index contributed by atoms with van der Waals surface area (Å²) in [6.07, 6.45) is 4.83. The van der Waals surface area contributed by atoms with Crippen LogP contribution in [0.1, 0.15) is 48.6 Å². The van der Waals surface area contributed by atoms with Crippen LogP contribution in [0.2, 0.25) is 0 Å². The van der Waals surface area contributed by atoms with E-state index >= 15 is 0 Å². The summed E-state index contributed by atoms with van der Waals surface area (Å²) in [5.74, 6) is 4.76. The van der Waals surface area contributed by atoms with Crippen LogP contribution in [0.4, 0.5) is 0 Å². The molecule has 0 N–H and O–H groups in total. The Labute approximate surface area is 141 Å². The van der Waals surface area contributed by atoms with Crippen LogP contribution in [0.25, 0.3) is 0 Å². The average molecular weight is 324 g/mol. The van der Waals surface area contributed by atoms with E-state index in [1.165, 1.54) is 36.8 Å². The van der Waals surface area contributed by atoms with Gasteiger partial charge in [-0.1, -0.05) is 12.1 Å². The molecule has 0 bridgehead atoms. The molecule has 3 aliphatic rings. The molecule has 0 aromatic heterocycles. The Hall–Kier alpha value is -2.36. The summed E-state index contributed by atoms with van der Waals surface area (Å²) in [6.45, 7) is 0.686. The van der Waals surface area contributed by atoms with E-state index in [-0.39, 0.29) is 0 Å². The lowest BCUT2D eigenvalue weighted by atomic mass is 9.76. The number of ether oxygens (including phenoxy) is 4. The van der Waals surface area contributed by atoms with Crippen molar-refractivity contribution in [3.05, 3.63) is 47.5 Å². The molecule has 5 rings (SSSR count). The minimum atomic E-state index is 0.343. The van der Waals surface area contributed by atoms with E-state index in [1.54, 1.807) is 0 Å². The van der Waals surface area contributed by atoms with Crippen LogP contribution >= 0.6 is 0 Å². The van der Waals surface area contributed by atoms with Crippen molar-refractivity contribution >= 4 is 0 Å². The van der Waals surface area contributed by atoms with Gasteiger partial charge in [0.2, 0.25) is 13.6 Å². The Kier molecular flexibility index (Phi) is 3.28. The van der Waals surface area contributed by atoms with Crippen molar-refractivity contribution in [3.8, 4) is 23.0 Å². The smallest absolute Gasteiger partial charge is 0.231 e. The highest BCUT2D eigenvalue weighted by Crippen LogP contribution is 2.44. The summed E-state index contributed by atoms with van der Waals surface area (Å²) < 4.78 is 21.8. The van der Waals surface area contributed by atoms with Crippen LogP contribution in [-0.2, 0) is 0 Å². The molecule has 0 spiro atoms. The Morgan fingerprint density at radius 1 is 0.542 bits per heavy atom. The third-order valence-corrected chi connectivity index (χ3v) is 5.46. The molecule has 0 radical (unpaired) electrons. The molecule has 0 unspecified atom stereocenters. The first kappa shape index (κ1) is 14.0. The molecule has 24 heavy (non-hydrogen) atoms. The van der Waals surface area contributed by atoms with Crippen molar-refractivity contribution in [2.24, 2.45) is 0 Å². The Bertz CT molecular complexity index is 697. The van der Waals surface area contributed by atoms with E-state index in [2.05, 4.69) is 24.3 Å². The molecule has 0 saturated heterocycles. The van der Waals surface area contributed by atoms with Crippen molar-refractivity contribution in [3.63, 3.8) is 0 Å². The highest BCUT2D eigenvalue weighted by Gasteiger charge is 2.26. The number of rotatable bonds is 2. The molecule has 1 fully saturated rings. The molecule has 0 amide bonds.